The third-order valence-electron chi connectivity index (χ3n) is 2.86. The highest BCUT2D eigenvalue weighted by atomic mass is 19.1. The highest BCUT2D eigenvalue weighted by molar-refractivity contribution is 5.95. The van der Waals surface area contributed by atoms with Crippen LogP contribution in [0, 0.1) is 5.82 Å². The Balaban J connectivity index is 2.10. The van der Waals surface area contributed by atoms with E-state index >= 15 is 0 Å². The summed E-state index contributed by atoms with van der Waals surface area (Å²) in [7, 11) is 1.38. The highest BCUT2D eigenvalue weighted by Crippen LogP contribution is 2.21. The van der Waals surface area contributed by atoms with Crippen molar-refractivity contribution in [3.63, 3.8) is 0 Å². The Labute approximate surface area is 116 Å². The van der Waals surface area contributed by atoms with Crippen LogP contribution in [0.4, 0.5) is 10.1 Å². The van der Waals surface area contributed by atoms with Gasteiger partial charge in [0.2, 0.25) is 5.91 Å². The van der Waals surface area contributed by atoms with Crippen LogP contribution in [0.25, 0.3) is 0 Å². The summed E-state index contributed by atoms with van der Waals surface area (Å²) in [5.41, 5.74) is 6.88. The van der Waals surface area contributed by atoms with E-state index in [2.05, 4.69) is 5.32 Å². The van der Waals surface area contributed by atoms with Gasteiger partial charge in [0.25, 0.3) is 0 Å². The number of carbonyl (C=O) groups is 1. The molecule has 0 saturated carbocycles. The molecule has 2 aromatic carbocycles. The van der Waals surface area contributed by atoms with Crippen molar-refractivity contribution in [1.82, 2.24) is 0 Å². The van der Waals surface area contributed by atoms with Crippen molar-refractivity contribution in [3.8, 4) is 5.75 Å². The Bertz CT molecular complexity index is 602. The van der Waals surface area contributed by atoms with E-state index in [1.165, 1.54) is 19.2 Å². The van der Waals surface area contributed by atoms with Crippen LogP contribution in [0.3, 0.4) is 0 Å². The minimum absolute atomic E-state index is 0.121. The summed E-state index contributed by atoms with van der Waals surface area (Å²) >= 11 is 0. The van der Waals surface area contributed by atoms with Crippen molar-refractivity contribution in [1.29, 1.82) is 0 Å². The largest absolute Gasteiger partial charge is 0.494 e. The van der Waals surface area contributed by atoms with Gasteiger partial charge in [0.05, 0.1) is 7.11 Å². The number of amides is 1. The van der Waals surface area contributed by atoms with Gasteiger partial charge in [-0.05, 0) is 17.7 Å². The van der Waals surface area contributed by atoms with E-state index in [0.29, 0.717) is 11.3 Å². The van der Waals surface area contributed by atoms with Gasteiger partial charge < -0.3 is 15.8 Å². The van der Waals surface area contributed by atoms with Crippen LogP contribution in [0.15, 0.2) is 48.5 Å². The highest BCUT2D eigenvalue weighted by Gasteiger charge is 2.16. The number of ether oxygens (including phenoxy) is 1. The molecule has 2 aromatic rings. The van der Waals surface area contributed by atoms with Crippen LogP contribution >= 0.6 is 0 Å². The maximum atomic E-state index is 13.5. The SMILES string of the molecule is COc1ccc(NC(=O)[C@@H](N)c2ccccc2)cc1F. The predicted molar refractivity (Wildman–Crippen MR) is 75.0 cm³/mol. The second kappa shape index (κ2) is 6.16. The molecular weight excluding hydrogens is 259 g/mol. The van der Waals surface area contributed by atoms with E-state index in [1.54, 1.807) is 30.3 Å². The molecule has 5 heteroatoms. The molecule has 1 amide bonds. The molecule has 1 atom stereocenters. The van der Waals surface area contributed by atoms with Crippen molar-refractivity contribution in [2.45, 2.75) is 6.04 Å². The standard InChI is InChI=1S/C15H15FN2O2/c1-20-13-8-7-11(9-12(13)16)18-15(19)14(17)10-5-3-2-4-6-10/h2-9,14H,17H2,1H3,(H,18,19)/t14-/m0/s1. The second-order valence-electron chi connectivity index (χ2n) is 4.23. The minimum Gasteiger partial charge on any atom is -0.494 e. The lowest BCUT2D eigenvalue weighted by Crippen LogP contribution is -2.27. The van der Waals surface area contributed by atoms with E-state index in [-0.39, 0.29) is 5.75 Å². The Morgan fingerprint density at radius 2 is 1.95 bits per heavy atom. The summed E-state index contributed by atoms with van der Waals surface area (Å²) in [6, 6.07) is 12.3. The first-order chi connectivity index (χ1) is 9.61. The quantitative estimate of drug-likeness (QED) is 0.900. The number of nitrogens with one attached hydrogen (secondary N) is 1. The first kappa shape index (κ1) is 14.0. The predicted octanol–water partition coefficient (Wildman–Crippen LogP) is 2.47. The number of benzene rings is 2. The lowest BCUT2D eigenvalue weighted by atomic mass is 10.1. The summed E-state index contributed by atoms with van der Waals surface area (Å²) in [6.07, 6.45) is 0. The molecule has 4 nitrogen and oxygen atoms in total. The van der Waals surface area contributed by atoms with Crippen LogP contribution in [0.2, 0.25) is 0 Å². The normalized spacial score (nSPS) is 11.8. The van der Waals surface area contributed by atoms with Gasteiger partial charge in [-0.15, -0.1) is 0 Å². The Morgan fingerprint density at radius 3 is 2.55 bits per heavy atom. The van der Waals surface area contributed by atoms with E-state index in [0.717, 1.165) is 0 Å². The van der Waals surface area contributed by atoms with Crippen molar-refractivity contribution in [2.24, 2.45) is 5.73 Å². The van der Waals surface area contributed by atoms with Crippen LogP contribution in [0.1, 0.15) is 11.6 Å². The van der Waals surface area contributed by atoms with Crippen LogP contribution < -0.4 is 15.8 Å². The van der Waals surface area contributed by atoms with E-state index in [1.807, 2.05) is 6.07 Å². The molecule has 0 spiro atoms. The first-order valence-corrected chi connectivity index (χ1v) is 6.06. The summed E-state index contributed by atoms with van der Waals surface area (Å²) < 4.78 is 18.3. The molecule has 0 heterocycles. The van der Waals surface area contributed by atoms with Crippen LogP contribution in [-0.2, 0) is 4.79 Å². The maximum absolute atomic E-state index is 13.5. The van der Waals surface area contributed by atoms with Crippen molar-refractivity contribution in [3.05, 3.63) is 59.9 Å². The summed E-state index contributed by atoms with van der Waals surface area (Å²) in [4.78, 5) is 12.0. The van der Waals surface area contributed by atoms with Crippen molar-refractivity contribution in [2.75, 3.05) is 12.4 Å². The molecule has 2 rings (SSSR count). The maximum Gasteiger partial charge on any atom is 0.245 e. The van der Waals surface area contributed by atoms with Gasteiger partial charge in [0.1, 0.15) is 6.04 Å². The molecule has 0 bridgehead atoms. The Kier molecular flexibility index (Phi) is 4.32. The smallest absolute Gasteiger partial charge is 0.245 e. The zero-order valence-corrected chi connectivity index (χ0v) is 11.0. The van der Waals surface area contributed by atoms with Gasteiger partial charge in [-0.3, -0.25) is 4.79 Å². The number of halogens is 1. The minimum atomic E-state index is -0.804. The average Bonchev–Trinajstić information content (AvgIpc) is 2.47. The average molecular weight is 274 g/mol. The van der Waals surface area contributed by atoms with E-state index < -0.39 is 17.8 Å². The molecule has 20 heavy (non-hydrogen) atoms. The number of nitrogens with two attached hydrogens (primary N) is 1. The molecule has 0 radical (unpaired) electrons. The molecule has 0 unspecified atom stereocenters. The van der Waals surface area contributed by atoms with Crippen molar-refractivity contribution < 1.29 is 13.9 Å². The lowest BCUT2D eigenvalue weighted by molar-refractivity contribution is -0.117. The Hall–Kier alpha value is -2.40. The van der Waals surface area contributed by atoms with E-state index in [4.69, 9.17) is 10.5 Å². The fourth-order valence-corrected chi connectivity index (χ4v) is 1.78. The monoisotopic (exact) mass is 274 g/mol. The molecule has 0 aliphatic carbocycles. The van der Waals surface area contributed by atoms with Gasteiger partial charge in [0.15, 0.2) is 11.6 Å². The number of carbonyl (C=O) groups excluding carboxylic acids is 1. The zero-order valence-electron chi connectivity index (χ0n) is 11.0. The van der Waals surface area contributed by atoms with Gasteiger partial charge in [-0.2, -0.15) is 0 Å². The molecule has 0 aliphatic rings. The van der Waals surface area contributed by atoms with Gasteiger partial charge >= 0.3 is 0 Å². The third-order valence-corrected chi connectivity index (χ3v) is 2.86. The van der Waals surface area contributed by atoms with Gasteiger partial charge in [-0.25, -0.2) is 4.39 Å². The number of hydrogen-bond donors (Lipinski definition) is 2. The molecule has 0 aromatic heterocycles. The second-order valence-corrected chi connectivity index (χ2v) is 4.23. The molecule has 3 N–H and O–H groups in total. The number of rotatable bonds is 4. The van der Waals surface area contributed by atoms with E-state index in [9.17, 15) is 9.18 Å². The first-order valence-electron chi connectivity index (χ1n) is 6.06. The molecule has 0 aliphatic heterocycles. The zero-order chi connectivity index (χ0) is 14.5. The molecule has 0 fully saturated rings. The summed E-state index contributed by atoms with van der Waals surface area (Å²) in [5.74, 6) is -0.824. The Morgan fingerprint density at radius 1 is 1.25 bits per heavy atom. The van der Waals surface area contributed by atoms with Gasteiger partial charge in [-0.1, -0.05) is 30.3 Å². The fourth-order valence-electron chi connectivity index (χ4n) is 1.78. The van der Waals surface area contributed by atoms with Gasteiger partial charge in [0, 0.05) is 11.8 Å². The topological polar surface area (TPSA) is 64.3 Å². The molecule has 0 saturated heterocycles. The molecular formula is C15H15FN2O2. The summed E-state index contributed by atoms with van der Waals surface area (Å²) in [6.45, 7) is 0. The number of anilines is 1. The van der Waals surface area contributed by atoms with Crippen LogP contribution in [0.5, 0.6) is 5.75 Å². The lowest BCUT2D eigenvalue weighted by Gasteiger charge is -2.13. The molecule has 104 valence electrons. The number of hydrogen-bond acceptors (Lipinski definition) is 3. The fraction of sp³-hybridized carbons (Fsp3) is 0.133. The number of methoxy groups -OCH3 is 1. The third kappa shape index (κ3) is 3.13. The summed E-state index contributed by atoms with van der Waals surface area (Å²) in [5, 5.41) is 2.57. The van der Waals surface area contributed by atoms with Crippen LogP contribution in [-0.4, -0.2) is 13.0 Å². The van der Waals surface area contributed by atoms with Crippen molar-refractivity contribution >= 4 is 11.6 Å².